The minimum absolute atomic E-state index is 0.269. The molecule has 17 heavy (non-hydrogen) atoms. The van der Waals surface area contributed by atoms with Gasteiger partial charge in [0.25, 0.3) is 0 Å². The third kappa shape index (κ3) is 3.76. The predicted molar refractivity (Wildman–Crippen MR) is 77.6 cm³/mol. The zero-order chi connectivity index (χ0) is 13.3. The third-order valence-corrected chi connectivity index (χ3v) is 3.99. The highest BCUT2D eigenvalue weighted by atomic mass is 14.9. The molecule has 0 amide bonds. The maximum absolute atomic E-state index is 3.57. The molecular weight excluding hydrogens is 206 g/mol. The Kier molecular flexibility index (Phi) is 3.91. The van der Waals surface area contributed by atoms with E-state index in [4.69, 9.17) is 0 Å². The Labute approximate surface area is 107 Å². The zero-order valence-corrected chi connectivity index (χ0v) is 12.4. The van der Waals surface area contributed by atoms with Gasteiger partial charge in [0.15, 0.2) is 0 Å². The summed E-state index contributed by atoms with van der Waals surface area (Å²) in [5, 5.41) is 3.57. The highest BCUT2D eigenvalue weighted by molar-refractivity contribution is 5.48. The van der Waals surface area contributed by atoms with Gasteiger partial charge in [0.1, 0.15) is 0 Å². The summed E-state index contributed by atoms with van der Waals surface area (Å²) in [7, 11) is 0. The van der Waals surface area contributed by atoms with E-state index >= 15 is 0 Å². The highest BCUT2D eigenvalue weighted by Gasteiger charge is 2.32. The van der Waals surface area contributed by atoms with Crippen LogP contribution in [0.4, 0.5) is 5.69 Å². The van der Waals surface area contributed by atoms with E-state index in [1.54, 1.807) is 0 Å². The summed E-state index contributed by atoms with van der Waals surface area (Å²) in [5.41, 5.74) is 4.45. The maximum atomic E-state index is 3.57. The van der Waals surface area contributed by atoms with Crippen LogP contribution in [0.1, 0.15) is 45.7 Å². The molecule has 1 N–H and O–H groups in total. The molecule has 1 aromatic rings. The lowest BCUT2D eigenvalue weighted by molar-refractivity contribution is 0.148. The molecule has 0 spiro atoms. The summed E-state index contributed by atoms with van der Waals surface area (Å²) in [4.78, 5) is 0. The van der Waals surface area contributed by atoms with Crippen LogP contribution in [0.3, 0.4) is 0 Å². The van der Waals surface area contributed by atoms with Crippen LogP contribution in [-0.4, -0.2) is 6.54 Å². The van der Waals surface area contributed by atoms with Crippen LogP contribution in [0, 0.1) is 24.7 Å². The van der Waals surface area contributed by atoms with Crippen molar-refractivity contribution in [1.29, 1.82) is 0 Å². The van der Waals surface area contributed by atoms with E-state index in [0.29, 0.717) is 5.41 Å². The second-order valence-corrected chi connectivity index (χ2v) is 6.86. The third-order valence-electron chi connectivity index (χ3n) is 3.99. The monoisotopic (exact) mass is 233 g/mol. The van der Waals surface area contributed by atoms with Crippen molar-refractivity contribution in [2.45, 2.75) is 48.5 Å². The molecule has 1 rings (SSSR count). The molecule has 0 aliphatic heterocycles. The van der Waals surface area contributed by atoms with Gasteiger partial charge in [-0.05, 0) is 47.9 Å². The SMILES string of the molecule is Cc1cc(C)cc(NCC(C)(C)C(C)(C)C)c1. The predicted octanol–water partition coefficient (Wildman–Crippen LogP) is 4.79. The fourth-order valence-electron chi connectivity index (χ4n) is 1.66. The lowest BCUT2D eigenvalue weighted by atomic mass is 9.69. The molecule has 0 aliphatic rings. The van der Waals surface area contributed by atoms with E-state index in [1.807, 2.05) is 0 Å². The van der Waals surface area contributed by atoms with Crippen LogP contribution in [-0.2, 0) is 0 Å². The summed E-state index contributed by atoms with van der Waals surface area (Å²) >= 11 is 0. The van der Waals surface area contributed by atoms with Crippen LogP contribution in [0.15, 0.2) is 18.2 Å². The molecule has 0 bridgehead atoms. The lowest BCUT2D eigenvalue weighted by Gasteiger charge is -2.39. The molecule has 96 valence electrons. The molecule has 0 heterocycles. The van der Waals surface area contributed by atoms with Crippen LogP contribution in [0.5, 0.6) is 0 Å². The molecular formula is C16H27N. The van der Waals surface area contributed by atoms with Gasteiger partial charge >= 0.3 is 0 Å². The molecule has 1 aromatic carbocycles. The van der Waals surface area contributed by atoms with Crippen molar-refractivity contribution in [2.75, 3.05) is 11.9 Å². The molecule has 0 aliphatic carbocycles. The average molecular weight is 233 g/mol. The zero-order valence-electron chi connectivity index (χ0n) is 12.4. The summed E-state index contributed by atoms with van der Waals surface area (Å²) < 4.78 is 0. The van der Waals surface area contributed by atoms with Gasteiger partial charge < -0.3 is 5.32 Å². The van der Waals surface area contributed by atoms with E-state index in [1.165, 1.54) is 16.8 Å². The van der Waals surface area contributed by atoms with Gasteiger partial charge in [-0.15, -0.1) is 0 Å². The minimum atomic E-state index is 0.269. The van der Waals surface area contributed by atoms with Crippen LogP contribution < -0.4 is 5.32 Å². The number of benzene rings is 1. The highest BCUT2D eigenvalue weighted by Crippen LogP contribution is 2.37. The largest absolute Gasteiger partial charge is 0.384 e. The first kappa shape index (κ1) is 14.1. The van der Waals surface area contributed by atoms with E-state index in [9.17, 15) is 0 Å². The normalized spacial score (nSPS) is 12.6. The Morgan fingerprint density at radius 2 is 1.35 bits per heavy atom. The Morgan fingerprint density at radius 1 is 0.882 bits per heavy atom. The van der Waals surface area contributed by atoms with E-state index in [2.05, 4.69) is 72.0 Å². The van der Waals surface area contributed by atoms with Crippen molar-refractivity contribution in [3.63, 3.8) is 0 Å². The number of nitrogens with one attached hydrogen (secondary N) is 1. The van der Waals surface area contributed by atoms with Crippen LogP contribution in [0.25, 0.3) is 0 Å². The number of hydrogen-bond donors (Lipinski definition) is 1. The smallest absolute Gasteiger partial charge is 0.0345 e. The average Bonchev–Trinajstić information content (AvgIpc) is 2.11. The van der Waals surface area contributed by atoms with Crippen molar-refractivity contribution in [3.05, 3.63) is 29.3 Å². The Morgan fingerprint density at radius 3 is 1.76 bits per heavy atom. The molecule has 0 fully saturated rings. The van der Waals surface area contributed by atoms with Gasteiger partial charge in [-0.3, -0.25) is 0 Å². The number of rotatable bonds is 3. The fraction of sp³-hybridized carbons (Fsp3) is 0.625. The fourth-order valence-corrected chi connectivity index (χ4v) is 1.66. The van der Waals surface area contributed by atoms with Gasteiger partial charge in [0.05, 0.1) is 0 Å². The van der Waals surface area contributed by atoms with Gasteiger partial charge in [0, 0.05) is 12.2 Å². The van der Waals surface area contributed by atoms with Crippen molar-refractivity contribution >= 4 is 5.69 Å². The second-order valence-electron chi connectivity index (χ2n) is 6.86. The molecule has 0 atom stereocenters. The number of anilines is 1. The molecule has 0 saturated heterocycles. The number of aryl methyl sites for hydroxylation is 2. The van der Waals surface area contributed by atoms with Crippen LogP contribution >= 0.6 is 0 Å². The minimum Gasteiger partial charge on any atom is -0.384 e. The summed E-state index contributed by atoms with van der Waals surface area (Å²) in [6.45, 7) is 16.8. The summed E-state index contributed by atoms with van der Waals surface area (Å²) in [6.07, 6.45) is 0. The van der Waals surface area contributed by atoms with Crippen molar-refractivity contribution in [1.82, 2.24) is 0 Å². The Bertz CT molecular complexity index is 363. The van der Waals surface area contributed by atoms with Crippen LogP contribution in [0.2, 0.25) is 0 Å². The Balaban J connectivity index is 2.74. The molecule has 1 nitrogen and oxygen atoms in total. The van der Waals surface area contributed by atoms with E-state index in [0.717, 1.165) is 6.54 Å². The summed E-state index contributed by atoms with van der Waals surface area (Å²) in [6, 6.07) is 6.64. The van der Waals surface area contributed by atoms with Gasteiger partial charge in [-0.25, -0.2) is 0 Å². The molecule has 0 unspecified atom stereocenters. The lowest BCUT2D eigenvalue weighted by Crippen LogP contribution is -2.36. The maximum Gasteiger partial charge on any atom is 0.0345 e. The first-order valence-corrected chi connectivity index (χ1v) is 6.44. The van der Waals surface area contributed by atoms with Gasteiger partial charge in [-0.2, -0.15) is 0 Å². The van der Waals surface area contributed by atoms with Gasteiger partial charge in [0.2, 0.25) is 0 Å². The molecule has 1 heteroatoms. The van der Waals surface area contributed by atoms with E-state index in [-0.39, 0.29) is 5.41 Å². The Hall–Kier alpha value is -0.980. The second kappa shape index (κ2) is 4.72. The topological polar surface area (TPSA) is 12.0 Å². The van der Waals surface area contributed by atoms with Gasteiger partial charge in [-0.1, -0.05) is 40.7 Å². The molecule has 0 saturated carbocycles. The summed E-state index contributed by atoms with van der Waals surface area (Å²) in [5.74, 6) is 0. The number of hydrogen-bond acceptors (Lipinski definition) is 1. The molecule has 0 radical (unpaired) electrons. The first-order chi connectivity index (χ1) is 7.62. The molecule has 0 aromatic heterocycles. The van der Waals surface area contributed by atoms with Crippen molar-refractivity contribution < 1.29 is 0 Å². The quantitative estimate of drug-likeness (QED) is 0.791. The standard InChI is InChI=1S/C16H27N/c1-12-8-13(2)10-14(9-12)17-11-16(6,7)15(3,4)5/h8-10,17H,11H2,1-7H3. The van der Waals surface area contributed by atoms with Crippen molar-refractivity contribution in [2.24, 2.45) is 10.8 Å². The first-order valence-electron chi connectivity index (χ1n) is 6.44. The van der Waals surface area contributed by atoms with Crippen molar-refractivity contribution in [3.8, 4) is 0 Å². The van der Waals surface area contributed by atoms with E-state index < -0.39 is 0 Å².